The van der Waals surface area contributed by atoms with Crippen molar-refractivity contribution in [3.8, 4) is 0 Å². The van der Waals surface area contributed by atoms with Gasteiger partial charge in [0.2, 0.25) is 11.7 Å². The summed E-state index contributed by atoms with van der Waals surface area (Å²) in [4.78, 5) is 38.9. The highest BCUT2D eigenvalue weighted by Crippen LogP contribution is 2.25. The number of aromatic amines is 1. The van der Waals surface area contributed by atoms with Gasteiger partial charge in [0, 0.05) is 29.4 Å². The molecule has 0 unspecified atom stereocenters. The number of benzene rings is 1. The lowest BCUT2D eigenvalue weighted by Gasteiger charge is -2.13. The van der Waals surface area contributed by atoms with Crippen LogP contribution in [0.1, 0.15) is 64.5 Å². The molecular weight excluding hydrogens is 348 g/mol. The number of H-pyrrole nitrogens is 1. The maximum absolute atomic E-state index is 12.5. The molecule has 0 saturated heterocycles. The number of rotatable bonds is 6. The van der Waals surface area contributed by atoms with E-state index in [4.69, 9.17) is 4.74 Å². The van der Waals surface area contributed by atoms with Crippen molar-refractivity contribution in [2.75, 3.05) is 5.32 Å². The number of Topliss-reactive ketones (excluding diaryl/α,β-unsaturated/α-hetero) is 1. The number of aliphatic hydroxyl groups is 1. The molecule has 1 heterocycles. The Morgan fingerprint density at radius 1 is 1.11 bits per heavy atom. The van der Waals surface area contributed by atoms with Gasteiger partial charge in [0.25, 0.3) is 0 Å². The van der Waals surface area contributed by atoms with Crippen molar-refractivity contribution in [2.24, 2.45) is 0 Å². The molecule has 1 aromatic heterocycles. The first kappa shape index (κ1) is 20.4. The van der Waals surface area contributed by atoms with Crippen LogP contribution < -0.4 is 5.32 Å². The fraction of sp³-hybridized carbons (Fsp3) is 0.350. The second-order valence-electron chi connectivity index (χ2n) is 6.51. The van der Waals surface area contributed by atoms with Crippen LogP contribution >= 0.6 is 0 Å². The standard InChI is InChI=1S/C20H24N2O5/c1-10-17(12(3)23)11(2)21-18(10)20(26)27-13(4)19(25)15-6-8-16(9-7-15)22-14(5)24/h6-9,12-13,21,23H,1-5H3,(H,22,24)/t12-,13-/m1/s1. The minimum Gasteiger partial charge on any atom is -0.450 e. The molecule has 0 radical (unpaired) electrons. The topological polar surface area (TPSA) is 108 Å². The van der Waals surface area contributed by atoms with Crippen LogP contribution in [0.25, 0.3) is 0 Å². The van der Waals surface area contributed by atoms with E-state index >= 15 is 0 Å². The van der Waals surface area contributed by atoms with Crippen LogP contribution in [0.3, 0.4) is 0 Å². The number of anilines is 1. The van der Waals surface area contributed by atoms with Crippen molar-refractivity contribution < 1.29 is 24.2 Å². The van der Waals surface area contributed by atoms with Gasteiger partial charge in [-0.25, -0.2) is 4.79 Å². The zero-order chi connectivity index (χ0) is 20.3. The highest BCUT2D eigenvalue weighted by Gasteiger charge is 2.25. The molecule has 0 fully saturated rings. The fourth-order valence-electron chi connectivity index (χ4n) is 3.02. The molecule has 27 heavy (non-hydrogen) atoms. The second-order valence-corrected chi connectivity index (χ2v) is 6.51. The highest BCUT2D eigenvalue weighted by molar-refractivity contribution is 6.02. The van der Waals surface area contributed by atoms with Crippen LogP contribution in [-0.4, -0.2) is 33.9 Å². The zero-order valence-corrected chi connectivity index (χ0v) is 16.0. The lowest BCUT2D eigenvalue weighted by molar-refractivity contribution is -0.114. The highest BCUT2D eigenvalue weighted by atomic mass is 16.5. The number of amides is 1. The summed E-state index contributed by atoms with van der Waals surface area (Å²) in [6, 6.07) is 6.34. The van der Waals surface area contributed by atoms with Gasteiger partial charge in [-0.1, -0.05) is 0 Å². The first-order valence-corrected chi connectivity index (χ1v) is 8.61. The van der Waals surface area contributed by atoms with Gasteiger partial charge in [0.05, 0.1) is 6.10 Å². The number of carbonyl (C=O) groups is 3. The number of aryl methyl sites for hydroxylation is 1. The Bertz CT molecular complexity index is 865. The van der Waals surface area contributed by atoms with Crippen molar-refractivity contribution in [1.29, 1.82) is 0 Å². The Balaban J connectivity index is 2.11. The average Bonchev–Trinajstić information content (AvgIpc) is 2.89. The molecule has 1 amide bonds. The fourth-order valence-corrected chi connectivity index (χ4v) is 3.02. The number of carbonyl (C=O) groups excluding carboxylic acids is 3. The van der Waals surface area contributed by atoms with Gasteiger partial charge in [0.1, 0.15) is 5.69 Å². The van der Waals surface area contributed by atoms with E-state index in [1.54, 1.807) is 45.0 Å². The zero-order valence-electron chi connectivity index (χ0n) is 16.0. The van der Waals surface area contributed by atoms with E-state index in [9.17, 15) is 19.5 Å². The van der Waals surface area contributed by atoms with E-state index < -0.39 is 18.2 Å². The number of aliphatic hydroxyl groups excluding tert-OH is 1. The Labute approximate surface area is 157 Å². The van der Waals surface area contributed by atoms with Gasteiger partial charge in [0.15, 0.2) is 6.10 Å². The summed E-state index contributed by atoms with van der Waals surface area (Å²) in [5.74, 6) is -1.21. The van der Waals surface area contributed by atoms with E-state index in [2.05, 4.69) is 10.3 Å². The van der Waals surface area contributed by atoms with Gasteiger partial charge in [-0.3, -0.25) is 9.59 Å². The molecule has 0 spiro atoms. The number of hydrogen-bond acceptors (Lipinski definition) is 5. The van der Waals surface area contributed by atoms with Crippen molar-refractivity contribution >= 4 is 23.3 Å². The SMILES string of the molecule is CC(=O)Nc1ccc(C(=O)[C@@H](C)OC(=O)c2[nH]c(C)c([C@@H](C)O)c2C)cc1. The number of esters is 1. The van der Waals surface area contributed by atoms with Gasteiger partial charge in [-0.05, 0) is 57.5 Å². The van der Waals surface area contributed by atoms with Crippen LogP contribution in [0, 0.1) is 13.8 Å². The van der Waals surface area contributed by atoms with E-state index in [1.165, 1.54) is 13.8 Å². The minimum atomic E-state index is -0.984. The van der Waals surface area contributed by atoms with Gasteiger partial charge < -0.3 is 20.1 Å². The van der Waals surface area contributed by atoms with E-state index in [-0.39, 0.29) is 17.4 Å². The second kappa shape index (κ2) is 8.18. The largest absolute Gasteiger partial charge is 0.450 e. The predicted octanol–water partition coefficient (Wildman–Crippen LogP) is 3.07. The third kappa shape index (κ3) is 4.62. The van der Waals surface area contributed by atoms with Gasteiger partial charge in [-0.15, -0.1) is 0 Å². The van der Waals surface area contributed by atoms with Crippen LogP contribution in [-0.2, 0) is 9.53 Å². The number of ketones is 1. The van der Waals surface area contributed by atoms with E-state index in [1.807, 2.05) is 0 Å². The molecule has 7 nitrogen and oxygen atoms in total. The van der Waals surface area contributed by atoms with Crippen molar-refractivity contribution in [3.05, 3.63) is 52.3 Å². The third-order valence-electron chi connectivity index (χ3n) is 4.26. The summed E-state index contributed by atoms with van der Waals surface area (Å²) in [5.41, 5.74) is 3.10. The molecule has 2 atom stereocenters. The Morgan fingerprint density at radius 2 is 1.70 bits per heavy atom. The normalized spacial score (nSPS) is 13.0. The first-order chi connectivity index (χ1) is 12.6. The molecule has 0 aliphatic rings. The molecular formula is C20H24N2O5. The monoisotopic (exact) mass is 372 g/mol. The number of ether oxygens (including phenoxy) is 1. The summed E-state index contributed by atoms with van der Waals surface area (Å²) in [7, 11) is 0. The molecule has 3 N–H and O–H groups in total. The minimum absolute atomic E-state index is 0.204. The molecule has 7 heteroatoms. The lowest BCUT2D eigenvalue weighted by atomic mass is 10.1. The smallest absolute Gasteiger partial charge is 0.355 e. The Kier molecular flexibility index (Phi) is 6.17. The summed E-state index contributed by atoms with van der Waals surface area (Å²) in [6.07, 6.45) is -1.70. The van der Waals surface area contributed by atoms with Crippen LogP contribution in [0.4, 0.5) is 5.69 Å². The molecule has 0 aliphatic heterocycles. The van der Waals surface area contributed by atoms with Crippen molar-refractivity contribution in [3.63, 3.8) is 0 Å². The molecule has 2 rings (SSSR count). The lowest BCUT2D eigenvalue weighted by Crippen LogP contribution is -2.25. The summed E-state index contributed by atoms with van der Waals surface area (Å²) < 4.78 is 5.31. The van der Waals surface area contributed by atoms with E-state index in [0.717, 1.165) is 0 Å². The molecule has 0 saturated carbocycles. The molecule has 0 aliphatic carbocycles. The maximum atomic E-state index is 12.5. The Morgan fingerprint density at radius 3 is 2.19 bits per heavy atom. The summed E-state index contributed by atoms with van der Waals surface area (Å²) >= 11 is 0. The molecule has 1 aromatic carbocycles. The molecule has 144 valence electrons. The van der Waals surface area contributed by atoms with Crippen molar-refractivity contribution in [1.82, 2.24) is 4.98 Å². The van der Waals surface area contributed by atoms with Crippen LogP contribution in [0.2, 0.25) is 0 Å². The maximum Gasteiger partial charge on any atom is 0.355 e. The quantitative estimate of drug-likeness (QED) is 0.533. The summed E-state index contributed by atoms with van der Waals surface area (Å²) in [6.45, 7) is 8.00. The summed E-state index contributed by atoms with van der Waals surface area (Å²) in [5, 5.41) is 12.4. The van der Waals surface area contributed by atoms with Crippen LogP contribution in [0.15, 0.2) is 24.3 Å². The molecule has 0 bridgehead atoms. The Hall–Kier alpha value is -2.93. The van der Waals surface area contributed by atoms with E-state index in [0.29, 0.717) is 28.1 Å². The van der Waals surface area contributed by atoms with Gasteiger partial charge in [-0.2, -0.15) is 0 Å². The van der Waals surface area contributed by atoms with Gasteiger partial charge >= 0.3 is 5.97 Å². The predicted molar refractivity (Wildman–Crippen MR) is 101 cm³/mol. The average molecular weight is 372 g/mol. The number of nitrogens with one attached hydrogen (secondary N) is 2. The molecule has 2 aromatic rings. The number of aromatic nitrogens is 1. The van der Waals surface area contributed by atoms with Crippen molar-refractivity contribution in [2.45, 2.75) is 46.8 Å². The van der Waals surface area contributed by atoms with Crippen LogP contribution in [0.5, 0.6) is 0 Å². The number of hydrogen-bond donors (Lipinski definition) is 3. The first-order valence-electron chi connectivity index (χ1n) is 8.61. The third-order valence-corrected chi connectivity index (χ3v) is 4.26.